The van der Waals surface area contributed by atoms with Gasteiger partial charge in [0.15, 0.2) is 0 Å². The molecule has 0 saturated carbocycles. The van der Waals surface area contributed by atoms with Crippen molar-refractivity contribution in [1.29, 1.82) is 0 Å². The normalized spacial score (nSPS) is 13.9. The van der Waals surface area contributed by atoms with Gasteiger partial charge in [-0.2, -0.15) is 0 Å². The van der Waals surface area contributed by atoms with Crippen molar-refractivity contribution in [2.45, 2.75) is 46.0 Å². The van der Waals surface area contributed by atoms with Crippen molar-refractivity contribution in [1.82, 2.24) is 9.97 Å². The number of hydrogen-bond acceptors (Lipinski definition) is 2. The standard InChI is InChI=1S/C17H21N3O/c1-9(2)11-5-6-12-13(7-11)18-15(21)8-14-16(12)20-17(19-14)10(3)4/h5-7,9-10H,8H2,1-4H3,(H,18,21)(H,19,20). The summed E-state index contributed by atoms with van der Waals surface area (Å²) in [4.78, 5) is 20.1. The lowest BCUT2D eigenvalue weighted by atomic mass is 9.99. The molecule has 1 aromatic heterocycles. The van der Waals surface area contributed by atoms with Crippen molar-refractivity contribution < 1.29 is 4.79 Å². The quantitative estimate of drug-likeness (QED) is 0.880. The highest BCUT2D eigenvalue weighted by Crippen LogP contribution is 2.35. The van der Waals surface area contributed by atoms with Crippen LogP contribution in [-0.2, 0) is 11.2 Å². The van der Waals surface area contributed by atoms with E-state index in [0.29, 0.717) is 18.3 Å². The largest absolute Gasteiger partial charge is 0.341 e. The summed E-state index contributed by atoms with van der Waals surface area (Å²) in [7, 11) is 0. The molecular weight excluding hydrogens is 262 g/mol. The second-order valence-corrected chi connectivity index (χ2v) is 6.28. The number of benzene rings is 1. The van der Waals surface area contributed by atoms with Crippen LogP contribution >= 0.6 is 0 Å². The molecule has 0 fully saturated rings. The molecule has 2 N–H and O–H groups in total. The molecule has 4 nitrogen and oxygen atoms in total. The van der Waals surface area contributed by atoms with Crippen LogP contribution in [-0.4, -0.2) is 15.9 Å². The molecule has 1 amide bonds. The van der Waals surface area contributed by atoms with Crippen LogP contribution < -0.4 is 5.32 Å². The summed E-state index contributed by atoms with van der Waals surface area (Å²) in [5.74, 6) is 1.69. The Kier molecular flexibility index (Phi) is 3.32. The van der Waals surface area contributed by atoms with E-state index in [-0.39, 0.29) is 5.91 Å². The first-order valence-electron chi connectivity index (χ1n) is 7.48. The van der Waals surface area contributed by atoms with E-state index in [1.165, 1.54) is 5.56 Å². The van der Waals surface area contributed by atoms with E-state index in [2.05, 4.69) is 61.2 Å². The van der Waals surface area contributed by atoms with Crippen LogP contribution in [0.5, 0.6) is 0 Å². The maximum absolute atomic E-state index is 12.1. The molecule has 0 spiro atoms. The van der Waals surface area contributed by atoms with E-state index in [4.69, 9.17) is 0 Å². The smallest absolute Gasteiger partial charge is 0.230 e. The molecule has 3 rings (SSSR count). The number of rotatable bonds is 2. The summed E-state index contributed by atoms with van der Waals surface area (Å²) in [6.07, 6.45) is 0.324. The molecular formula is C17H21N3O. The lowest BCUT2D eigenvalue weighted by Crippen LogP contribution is -2.13. The molecule has 0 unspecified atom stereocenters. The van der Waals surface area contributed by atoms with Gasteiger partial charge in [-0.05, 0) is 17.5 Å². The molecule has 4 heteroatoms. The molecule has 0 aliphatic carbocycles. The van der Waals surface area contributed by atoms with Gasteiger partial charge in [-0.3, -0.25) is 4.79 Å². The second kappa shape index (κ2) is 5.02. The Morgan fingerprint density at radius 3 is 2.57 bits per heavy atom. The van der Waals surface area contributed by atoms with Crippen LogP contribution in [0, 0.1) is 0 Å². The number of nitrogens with one attached hydrogen (secondary N) is 2. The third-order valence-electron chi connectivity index (χ3n) is 3.93. The van der Waals surface area contributed by atoms with Crippen molar-refractivity contribution in [2.75, 3.05) is 5.32 Å². The van der Waals surface area contributed by atoms with Crippen LogP contribution in [0.25, 0.3) is 11.3 Å². The first kappa shape index (κ1) is 13.9. The molecule has 110 valence electrons. The van der Waals surface area contributed by atoms with Gasteiger partial charge in [0.1, 0.15) is 5.82 Å². The van der Waals surface area contributed by atoms with Crippen molar-refractivity contribution in [3.8, 4) is 11.3 Å². The van der Waals surface area contributed by atoms with Crippen molar-refractivity contribution in [2.24, 2.45) is 0 Å². The third-order valence-corrected chi connectivity index (χ3v) is 3.93. The zero-order chi connectivity index (χ0) is 15.1. The average molecular weight is 283 g/mol. The number of anilines is 1. The highest BCUT2D eigenvalue weighted by Gasteiger charge is 2.23. The fourth-order valence-electron chi connectivity index (χ4n) is 2.64. The molecule has 21 heavy (non-hydrogen) atoms. The number of carbonyl (C=O) groups is 1. The molecule has 2 aromatic rings. The topological polar surface area (TPSA) is 57.8 Å². The summed E-state index contributed by atoms with van der Waals surface area (Å²) in [6, 6.07) is 6.28. The summed E-state index contributed by atoms with van der Waals surface area (Å²) < 4.78 is 0. The number of hydrogen-bond donors (Lipinski definition) is 2. The van der Waals surface area contributed by atoms with E-state index in [9.17, 15) is 4.79 Å². The van der Waals surface area contributed by atoms with Crippen molar-refractivity contribution in [3.63, 3.8) is 0 Å². The average Bonchev–Trinajstić information content (AvgIpc) is 2.77. The van der Waals surface area contributed by atoms with Gasteiger partial charge in [-0.25, -0.2) is 4.98 Å². The minimum Gasteiger partial charge on any atom is -0.341 e. The SMILES string of the molecule is CC(C)c1ccc2c(c1)NC(=O)Cc1nc(C(C)C)[nH]c1-2. The van der Waals surface area contributed by atoms with Gasteiger partial charge >= 0.3 is 0 Å². The highest BCUT2D eigenvalue weighted by molar-refractivity contribution is 5.99. The Labute approximate surface area is 125 Å². The van der Waals surface area contributed by atoms with E-state index in [0.717, 1.165) is 28.5 Å². The van der Waals surface area contributed by atoms with Gasteiger partial charge in [0.25, 0.3) is 0 Å². The molecule has 2 heterocycles. The molecule has 0 bridgehead atoms. The van der Waals surface area contributed by atoms with Gasteiger partial charge in [0, 0.05) is 11.5 Å². The lowest BCUT2D eigenvalue weighted by molar-refractivity contribution is -0.115. The molecule has 0 atom stereocenters. The van der Waals surface area contributed by atoms with Crippen molar-refractivity contribution >= 4 is 11.6 Å². The zero-order valence-electron chi connectivity index (χ0n) is 12.9. The Hall–Kier alpha value is -2.10. The molecule has 1 aliphatic rings. The van der Waals surface area contributed by atoms with Gasteiger partial charge in [-0.15, -0.1) is 0 Å². The maximum Gasteiger partial charge on any atom is 0.230 e. The summed E-state index contributed by atoms with van der Waals surface area (Å²) in [5.41, 5.74) is 4.94. The van der Waals surface area contributed by atoms with E-state index in [1.54, 1.807) is 0 Å². The second-order valence-electron chi connectivity index (χ2n) is 6.28. The van der Waals surface area contributed by atoms with E-state index in [1.807, 2.05) is 0 Å². The minimum atomic E-state index is -0.00212. The van der Waals surface area contributed by atoms with Crippen molar-refractivity contribution in [3.05, 3.63) is 35.3 Å². The van der Waals surface area contributed by atoms with E-state index < -0.39 is 0 Å². The number of carbonyl (C=O) groups excluding carboxylic acids is 1. The number of aromatic amines is 1. The maximum atomic E-state index is 12.1. The number of amides is 1. The Morgan fingerprint density at radius 1 is 1.14 bits per heavy atom. The van der Waals surface area contributed by atoms with Crippen LogP contribution in [0.3, 0.4) is 0 Å². The van der Waals surface area contributed by atoms with Gasteiger partial charge < -0.3 is 10.3 Å². The fraction of sp³-hybridized carbons (Fsp3) is 0.412. The monoisotopic (exact) mass is 283 g/mol. The van der Waals surface area contributed by atoms with Crippen LogP contribution in [0.2, 0.25) is 0 Å². The first-order valence-corrected chi connectivity index (χ1v) is 7.48. The summed E-state index contributed by atoms with van der Waals surface area (Å²) >= 11 is 0. The predicted octanol–water partition coefficient (Wildman–Crippen LogP) is 3.82. The van der Waals surface area contributed by atoms with Gasteiger partial charge in [0.2, 0.25) is 5.91 Å². The predicted molar refractivity (Wildman–Crippen MR) is 84.5 cm³/mol. The fourth-order valence-corrected chi connectivity index (χ4v) is 2.64. The third kappa shape index (κ3) is 2.46. The van der Waals surface area contributed by atoms with Crippen LogP contribution in [0.1, 0.15) is 56.6 Å². The zero-order valence-corrected chi connectivity index (χ0v) is 12.9. The van der Waals surface area contributed by atoms with Gasteiger partial charge in [0.05, 0.1) is 23.5 Å². The number of aromatic nitrogens is 2. The minimum absolute atomic E-state index is 0.00212. The molecule has 1 aromatic carbocycles. The van der Waals surface area contributed by atoms with Gasteiger partial charge in [-0.1, -0.05) is 39.8 Å². The van der Waals surface area contributed by atoms with E-state index >= 15 is 0 Å². The summed E-state index contributed by atoms with van der Waals surface area (Å²) in [5, 5.41) is 3.00. The lowest BCUT2D eigenvalue weighted by Gasteiger charge is -2.12. The Bertz CT molecular complexity index is 698. The number of imidazole rings is 1. The summed E-state index contributed by atoms with van der Waals surface area (Å²) in [6.45, 7) is 8.50. The van der Waals surface area contributed by atoms with Crippen LogP contribution in [0.15, 0.2) is 18.2 Å². The Balaban J connectivity index is 2.17. The number of nitrogens with zero attached hydrogens (tertiary/aromatic N) is 1. The highest BCUT2D eigenvalue weighted by atomic mass is 16.1. The number of H-pyrrole nitrogens is 1. The molecule has 1 aliphatic heterocycles. The van der Waals surface area contributed by atoms with Crippen LogP contribution in [0.4, 0.5) is 5.69 Å². The molecule has 0 radical (unpaired) electrons. The first-order chi connectivity index (χ1) is 9.95. The Morgan fingerprint density at radius 2 is 1.90 bits per heavy atom. The molecule has 0 saturated heterocycles. The number of fused-ring (bicyclic) bond motifs is 3.